The van der Waals surface area contributed by atoms with Gasteiger partial charge in [-0.1, -0.05) is 6.07 Å². The summed E-state index contributed by atoms with van der Waals surface area (Å²) in [5.41, 5.74) is 6.50. The second kappa shape index (κ2) is 4.72. The van der Waals surface area contributed by atoms with Gasteiger partial charge < -0.3 is 10.6 Å². The van der Waals surface area contributed by atoms with E-state index in [-0.39, 0.29) is 11.6 Å². The van der Waals surface area contributed by atoms with Crippen LogP contribution in [0, 0.1) is 23.1 Å². The third kappa shape index (κ3) is 2.25. The van der Waals surface area contributed by atoms with Crippen LogP contribution in [0.25, 0.3) is 0 Å². The number of anilines is 1. The van der Waals surface area contributed by atoms with E-state index in [9.17, 15) is 4.39 Å². The second-order valence-corrected chi connectivity index (χ2v) is 4.50. The van der Waals surface area contributed by atoms with E-state index in [0.29, 0.717) is 18.2 Å². The van der Waals surface area contributed by atoms with Crippen molar-refractivity contribution in [2.24, 2.45) is 11.7 Å². The van der Waals surface area contributed by atoms with Crippen LogP contribution in [0.3, 0.4) is 0 Å². The van der Waals surface area contributed by atoms with Crippen molar-refractivity contribution in [1.82, 2.24) is 0 Å². The predicted molar refractivity (Wildman–Crippen MR) is 65.1 cm³/mol. The molecule has 0 aromatic heterocycles. The minimum atomic E-state index is -0.469. The van der Waals surface area contributed by atoms with Crippen LogP contribution >= 0.6 is 0 Å². The van der Waals surface area contributed by atoms with Gasteiger partial charge in [0.1, 0.15) is 17.4 Å². The zero-order valence-corrected chi connectivity index (χ0v) is 9.86. The SMILES string of the molecule is CN(c1cccc(F)c1C#N)C(CN)C1CC1. The number of benzene rings is 1. The molecular formula is C13H16FN3. The zero-order valence-electron chi connectivity index (χ0n) is 9.86. The van der Waals surface area contributed by atoms with Gasteiger partial charge in [0.25, 0.3) is 0 Å². The smallest absolute Gasteiger partial charge is 0.143 e. The Hall–Kier alpha value is -1.60. The average molecular weight is 233 g/mol. The molecule has 1 aromatic carbocycles. The standard InChI is InChI=1S/C13H16FN3/c1-17(13(8-16)9-5-6-9)12-4-2-3-11(14)10(12)7-15/h2-4,9,13H,5-6,8,16H2,1H3. The Bertz CT molecular complexity index is 448. The normalized spacial score (nSPS) is 16.4. The first-order valence-electron chi connectivity index (χ1n) is 5.80. The van der Waals surface area contributed by atoms with Crippen LogP contribution in [0.4, 0.5) is 10.1 Å². The maximum absolute atomic E-state index is 13.5. The lowest BCUT2D eigenvalue weighted by molar-refractivity contribution is 0.566. The molecular weight excluding hydrogens is 217 g/mol. The molecule has 0 saturated heterocycles. The highest BCUT2D eigenvalue weighted by atomic mass is 19.1. The molecule has 1 aliphatic carbocycles. The molecule has 1 aliphatic rings. The fourth-order valence-corrected chi connectivity index (χ4v) is 2.24. The van der Waals surface area contributed by atoms with E-state index < -0.39 is 5.82 Å². The number of rotatable bonds is 4. The fraction of sp³-hybridized carbons (Fsp3) is 0.462. The lowest BCUT2D eigenvalue weighted by Crippen LogP contribution is -2.40. The number of halogens is 1. The number of hydrogen-bond donors (Lipinski definition) is 1. The van der Waals surface area contributed by atoms with Crippen molar-refractivity contribution in [3.8, 4) is 6.07 Å². The molecule has 0 radical (unpaired) electrons. The van der Waals surface area contributed by atoms with E-state index in [1.54, 1.807) is 12.1 Å². The molecule has 17 heavy (non-hydrogen) atoms. The molecule has 1 saturated carbocycles. The summed E-state index contributed by atoms with van der Waals surface area (Å²) in [6, 6.07) is 6.83. The summed E-state index contributed by atoms with van der Waals surface area (Å²) in [7, 11) is 1.88. The summed E-state index contributed by atoms with van der Waals surface area (Å²) in [4.78, 5) is 1.94. The number of nitriles is 1. The van der Waals surface area contributed by atoms with E-state index in [4.69, 9.17) is 11.0 Å². The molecule has 1 unspecified atom stereocenters. The maximum atomic E-state index is 13.5. The Morgan fingerprint density at radius 1 is 1.59 bits per heavy atom. The molecule has 0 amide bonds. The lowest BCUT2D eigenvalue weighted by atomic mass is 10.1. The van der Waals surface area contributed by atoms with Crippen molar-refractivity contribution in [3.05, 3.63) is 29.6 Å². The Morgan fingerprint density at radius 3 is 2.82 bits per heavy atom. The van der Waals surface area contributed by atoms with Gasteiger partial charge in [0.15, 0.2) is 0 Å². The average Bonchev–Trinajstić information content (AvgIpc) is 3.14. The summed E-state index contributed by atoms with van der Waals surface area (Å²) < 4.78 is 13.5. The van der Waals surface area contributed by atoms with E-state index in [2.05, 4.69) is 0 Å². The first-order chi connectivity index (χ1) is 8.19. The van der Waals surface area contributed by atoms with Crippen LogP contribution in [0.2, 0.25) is 0 Å². The molecule has 0 bridgehead atoms. The molecule has 2 rings (SSSR count). The molecule has 90 valence electrons. The molecule has 1 atom stereocenters. The van der Waals surface area contributed by atoms with Crippen LogP contribution in [0.1, 0.15) is 18.4 Å². The van der Waals surface area contributed by atoms with Gasteiger partial charge in [-0.05, 0) is 30.9 Å². The first-order valence-corrected chi connectivity index (χ1v) is 5.80. The van der Waals surface area contributed by atoms with Crippen molar-refractivity contribution >= 4 is 5.69 Å². The van der Waals surface area contributed by atoms with Crippen LogP contribution in [-0.2, 0) is 0 Å². The van der Waals surface area contributed by atoms with Crippen LogP contribution in [0.5, 0.6) is 0 Å². The van der Waals surface area contributed by atoms with Crippen LogP contribution in [-0.4, -0.2) is 19.6 Å². The second-order valence-electron chi connectivity index (χ2n) is 4.50. The quantitative estimate of drug-likeness (QED) is 0.863. The topological polar surface area (TPSA) is 53.0 Å². The molecule has 3 nitrogen and oxygen atoms in total. The van der Waals surface area contributed by atoms with E-state index in [0.717, 1.165) is 0 Å². The zero-order chi connectivity index (χ0) is 12.4. The monoisotopic (exact) mass is 233 g/mol. The number of nitrogens with zero attached hydrogens (tertiary/aromatic N) is 2. The molecule has 1 aromatic rings. The molecule has 0 spiro atoms. The van der Waals surface area contributed by atoms with Crippen LogP contribution in [0.15, 0.2) is 18.2 Å². The van der Waals surface area contributed by atoms with Gasteiger partial charge in [0, 0.05) is 19.6 Å². The van der Waals surface area contributed by atoms with E-state index in [1.807, 2.05) is 18.0 Å². The van der Waals surface area contributed by atoms with Gasteiger partial charge in [0.05, 0.1) is 5.69 Å². The number of likely N-dealkylation sites (N-methyl/N-ethyl adjacent to an activating group) is 1. The summed E-state index contributed by atoms with van der Waals surface area (Å²) in [5.74, 6) is 0.114. The molecule has 0 heterocycles. The molecule has 4 heteroatoms. The van der Waals surface area contributed by atoms with E-state index >= 15 is 0 Å². The molecule has 0 aliphatic heterocycles. The highest BCUT2D eigenvalue weighted by Gasteiger charge is 2.33. The van der Waals surface area contributed by atoms with Gasteiger partial charge in [0.2, 0.25) is 0 Å². The van der Waals surface area contributed by atoms with Gasteiger partial charge in [-0.25, -0.2) is 4.39 Å². The predicted octanol–water partition coefficient (Wildman–Crippen LogP) is 1.87. The first kappa shape index (κ1) is 11.9. The Kier molecular flexibility index (Phi) is 3.30. The summed E-state index contributed by atoms with van der Waals surface area (Å²) in [6.07, 6.45) is 2.34. The van der Waals surface area contributed by atoms with Crippen molar-refractivity contribution < 1.29 is 4.39 Å². The van der Waals surface area contributed by atoms with Crippen LogP contribution < -0.4 is 10.6 Å². The summed E-state index contributed by atoms with van der Waals surface area (Å²) >= 11 is 0. The van der Waals surface area contributed by atoms with E-state index in [1.165, 1.54) is 18.9 Å². The fourth-order valence-electron chi connectivity index (χ4n) is 2.24. The Balaban J connectivity index is 2.32. The van der Waals surface area contributed by atoms with Gasteiger partial charge in [-0.15, -0.1) is 0 Å². The number of nitrogens with two attached hydrogens (primary N) is 1. The Morgan fingerprint density at radius 2 is 2.29 bits per heavy atom. The van der Waals surface area contributed by atoms with Gasteiger partial charge in [-0.2, -0.15) is 5.26 Å². The minimum Gasteiger partial charge on any atom is -0.369 e. The van der Waals surface area contributed by atoms with Crippen molar-refractivity contribution in [2.45, 2.75) is 18.9 Å². The third-order valence-electron chi connectivity index (χ3n) is 3.39. The summed E-state index contributed by atoms with van der Waals surface area (Å²) in [5, 5.41) is 9.01. The number of hydrogen-bond acceptors (Lipinski definition) is 3. The van der Waals surface area contributed by atoms with Gasteiger partial charge in [-0.3, -0.25) is 0 Å². The lowest BCUT2D eigenvalue weighted by Gasteiger charge is -2.29. The maximum Gasteiger partial charge on any atom is 0.143 e. The third-order valence-corrected chi connectivity index (χ3v) is 3.39. The van der Waals surface area contributed by atoms with Crippen molar-refractivity contribution in [1.29, 1.82) is 5.26 Å². The summed E-state index contributed by atoms with van der Waals surface area (Å²) in [6.45, 7) is 0.530. The van der Waals surface area contributed by atoms with Crippen molar-refractivity contribution in [3.63, 3.8) is 0 Å². The Labute approximate surface area is 101 Å². The minimum absolute atomic E-state index is 0.106. The van der Waals surface area contributed by atoms with Crippen molar-refractivity contribution in [2.75, 3.05) is 18.5 Å². The molecule has 1 fully saturated rings. The highest BCUT2D eigenvalue weighted by Crippen LogP contribution is 2.37. The largest absolute Gasteiger partial charge is 0.369 e. The molecule has 2 N–H and O–H groups in total. The van der Waals surface area contributed by atoms with Gasteiger partial charge >= 0.3 is 0 Å². The highest BCUT2D eigenvalue weighted by molar-refractivity contribution is 5.60.